The van der Waals surface area contributed by atoms with E-state index in [-0.39, 0.29) is 5.75 Å². The molecule has 150 valence electrons. The molecule has 0 unspecified atom stereocenters. The molecule has 2 heterocycles. The lowest BCUT2D eigenvalue weighted by Crippen LogP contribution is -2.07. The zero-order chi connectivity index (χ0) is 20.4. The van der Waals surface area contributed by atoms with Crippen molar-refractivity contribution in [3.8, 4) is 22.5 Å². The Morgan fingerprint density at radius 3 is 2.72 bits per heavy atom. The van der Waals surface area contributed by atoms with Crippen LogP contribution in [0.15, 0.2) is 47.6 Å². The maximum absolute atomic E-state index is 9.02. The van der Waals surface area contributed by atoms with Gasteiger partial charge in [-0.2, -0.15) is 0 Å². The highest BCUT2D eigenvalue weighted by Crippen LogP contribution is 2.31. The first-order valence-electron chi connectivity index (χ1n) is 8.97. The molecule has 9 heteroatoms. The first-order chi connectivity index (χ1) is 14.0. The highest BCUT2D eigenvalue weighted by molar-refractivity contribution is 7.99. The number of aromatic amines is 2. The maximum atomic E-state index is 9.02. The quantitative estimate of drug-likeness (QED) is 0.180. The van der Waals surface area contributed by atoms with E-state index < -0.39 is 6.29 Å². The topological polar surface area (TPSA) is 119 Å². The lowest BCUT2D eigenvalue weighted by atomic mass is 10.0. The summed E-state index contributed by atoms with van der Waals surface area (Å²) in [5.74, 6) is 0.684. The summed E-state index contributed by atoms with van der Waals surface area (Å²) < 4.78 is 0. The average molecular weight is 411 g/mol. The van der Waals surface area contributed by atoms with Crippen LogP contribution in [0.25, 0.3) is 33.4 Å². The molecule has 0 saturated carbocycles. The molecule has 2 aromatic carbocycles. The molecule has 0 aliphatic heterocycles. The largest absolute Gasteiger partial charge is 0.367 e. The van der Waals surface area contributed by atoms with Crippen LogP contribution in [-0.4, -0.2) is 49.5 Å². The van der Waals surface area contributed by atoms with E-state index in [0.29, 0.717) is 11.0 Å². The van der Waals surface area contributed by atoms with Gasteiger partial charge in [-0.3, -0.25) is 15.4 Å². The number of nitrogens with one attached hydrogen (secondary N) is 3. The summed E-state index contributed by atoms with van der Waals surface area (Å²) in [4.78, 5) is 12.9. The van der Waals surface area contributed by atoms with Crippen LogP contribution in [0.4, 0.5) is 5.69 Å². The highest BCUT2D eigenvalue weighted by Gasteiger charge is 2.12. The lowest BCUT2D eigenvalue weighted by molar-refractivity contribution is -0.0186. The molecule has 0 saturated heterocycles. The molecular weight excluding hydrogens is 390 g/mol. The maximum Gasteiger partial charge on any atom is 0.208 e. The second-order valence-corrected chi connectivity index (χ2v) is 7.60. The van der Waals surface area contributed by atoms with Gasteiger partial charge >= 0.3 is 0 Å². The van der Waals surface area contributed by atoms with Crippen LogP contribution in [0, 0.1) is 6.92 Å². The fourth-order valence-electron chi connectivity index (χ4n) is 3.15. The van der Waals surface area contributed by atoms with Crippen molar-refractivity contribution in [2.45, 2.75) is 18.4 Å². The van der Waals surface area contributed by atoms with Crippen LogP contribution in [0.5, 0.6) is 0 Å². The van der Waals surface area contributed by atoms with E-state index in [4.69, 9.17) is 15.1 Å². The van der Waals surface area contributed by atoms with Gasteiger partial charge in [0.15, 0.2) is 12.1 Å². The zero-order valence-corrected chi connectivity index (χ0v) is 16.7. The number of H-pyrrole nitrogens is 2. The van der Waals surface area contributed by atoms with E-state index in [2.05, 4.69) is 49.9 Å². The van der Waals surface area contributed by atoms with E-state index in [1.54, 1.807) is 7.11 Å². The number of aromatic nitrogens is 4. The number of aliphatic hydroxyl groups excluding tert-OH is 1. The van der Waals surface area contributed by atoms with Gasteiger partial charge < -0.3 is 15.2 Å². The zero-order valence-electron chi connectivity index (χ0n) is 15.9. The monoisotopic (exact) mass is 411 g/mol. The van der Waals surface area contributed by atoms with Crippen LogP contribution in [0.3, 0.4) is 0 Å². The molecule has 0 amide bonds. The molecule has 8 nitrogen and oxygen atoms in total. The van der Waals surface area contributed by atoms with Gasteiger partial charge in [0, 0.05) is 22.2 Å². The predicted molar refractivity (Wildman–Crippen MR) is 113 cm³/mol. The van der Waals surface area contributed by atoms with Crippen molar-refractivity contribution >= 4 is 28.4 Å². The van der Waals surface area contributed by atoms with Gasteiger partial charge in [0.25, 0.3) is 0 Å². The summed E-state index contributed by atoms with van der Waals surface area (Å²) in [6, 6.07) is 14.3. The van der Waals surface area contributed by atoms with E-state index in [9.17, 15) is 0 Å². The smallest absolute Gasteiger partial charge is 0.208 e. The number of benzene rings is 2. The number of rotatable bonds is 7. The first-order valence-corrected chi connectivity index (χ1v) is 9.96. The van der Waals surface area contributed by atoms with Crippen molar-refractivity contribution in [1.82, 2.24) is 20.2 Å². The minimum Gasteiger partial charge on any atom is -0.367 e. The standard InChI is InChI=1S/C20H21N5O3S/c1-11-5-14-6-12(3-4-17(14)21-11)13-7-15(9-16(8-13)25-28-2)19-22-20(24-23-19)29-10-18(26)27/h3-9,18,21,25-27H,10H2,1-2H3,(H,22,23,24). The molecule has 4 aromatic rings. The van der Waals surface area contributed by atoms with Gasteiger partial charge in [-0.05, 0) is 54.4 Å². The number of fused-ring (bicyclic) bond motifs is 1. The summed E-state index contributed by atoms with van der Waals surface area (Å²) in [5.41, 5.74) is 8.77. The molecule has 29 heavy (non-hydrogen) atoms. The van der Waals surface area contributed by atoms with Crippen molar-refractivity contribution in [3.05, 3.63) is 48.2 Å². The predicted octanol–water partition coefficient (Wildman–Crippen LogP) is 3.30. The van der Waals surface area contributed by atoms with Gasteiger partial charge in [0.05, 0.1) is 18.6 Å². The van der Waals surface area contributed by atoms with E-state index in [1.165, 1.54) is 11.8 Å². The number of nitrogens with zero attached hydrogens (tertiary/aromatic N) is 2. The van der Waals surface area contributed by atoms with Crippen molar-refractivity contribution in [1.29, 1.82) is 0 Å². The second-order valence-electron chi connectivity index (χ2n) is 6.62. The molecule has 0 fully saturated rings. The fourth-order valence-corrected chi connectivity index (χ4v) is 3.72. The minimum atomic E-state index is -1.41. The number of aliphatic hydroxyl groups is 2. The Bertz CT molecular complexity index is 1140. The molecule has 0 atom stereocenters. The van der Waals surface area contributed by atoms with Crippen LogP contribution in [-0.2, 0) is 4.84 Å². The van der Waals surface area contributed by atoms with Crippen LogP contribution < -0.4 is 5.48 Å². The molecule has 2 aromatic heterocycles. The van der Waals surface area contributed by atoms with Gasteiger partial charge in [-0.25, -0.2) is 4.98 Å². The van der Waals surface area contributed by atoms with Crippen molar-refractivity contribution in [3.63, 3.8) is 0 Å². The van der Waals surface area contributed by atoms with E-state index >= 15 is 0 Å². The molecule has 0 spiro atoms. The number of anilines is 1. The number of aryl methyl sites for hydroxylation is 1. The van der Waals surface area contributed by atoms with Crippen LogP contribution >= 0.6 is 11.8 Å². The summed E-state index contributed by atoms with van der Waals surface area (Å²) in [5, 5.41) is 26.7. The van der Waals surface area contributed by atoms with E-state index in [1.807, 2.05) is 25.1 Å². The molecule has 0 aliphatic rings. The van der Waals surface area contributed by atoms with Crippen molar-refractivity contribution in [2.24, 2.45) is 0 Å². The molecule has 5 N–H and O–H groups in total. The van der Waals surface area contributed by atoms with Gasteiger partial charge in [-0.1, -0.05) is 17.8 Å². The fraction of sp³-hybridized carbons (Fsp3) is 0.200. The van der Waals surface area contributed by atoms with Gasteiger partial charge in [0.2, 0.25) is 5.16 Å². The molecule has 4 rings (SSSR count). The lowest BCUT2D eigenvalue weighted by Gasteiger charge is -2.10. The Labute approximate surface area is 171 Å². The molecule has 0 radical (unpaired) electrons. The molecular formula is C20H21N5O3S. The normalized spacial score (nSPS) is 11.5. The van der Waals surface area contributed by atoms with E-state index in [0.717, 1.165) is 39.0 Å². The van der Waals surface area contributed by atoms with Gasteiger partial charge in [0.1, 0.15) is 0 Å². The third-order valence-corrected chi connectivity index (χ3v) is 5.25. The highest BCUT2D eigenvalue weighted by atomic mass is 32.2. The Balaban J connectivity index is 1.72. The Morgan fingerprint density at radius 1 is 1.10 bits per heavy atom. The number of thioether (sulfide) groups is 1. The summed E-state index contributed by atoms with van der Waals surface area (Å²) in [6.07, 6.45) is -1.41. The average Bonchev–Trinajstić information content (AvgIpc) is 3.31. The summed E-state index contributed by atoms with van der Waals surface area (Å²) in [6.45, 7) is 2.04. The van der Waals surface area contributed by atoms with Gasteiger partial charge in [-0.15, -0.1) is 5.10 Å². The SMILES string of the molecule is CONc1cc(-c2ccc3[nH]c(C)cc3c2)cc(-c2nc(SCC(O)O)n[nH]2)c1. The Kier molecular flexibility index (Phi) is 5.54. The Morgan fingerprint density at radius 2 is 1.93 bits per heavy atom. The number of hydrogen-bond acceptors (Lipinski definition) is 7. The van der Waals surface area contributed by atoms with Crippen LogP contribution in [0.2, 0.25) is 0 Å². The van der Waals surface area contributed by atoms with Crippen molar-refractivity contribution < 1.29 is 15.1 Å². The summed E-state index contributed by atoms with van der Waals surface area (Å²) in [7, 11) is 1.56. The number of hydrogen-bond donors (Lipinski definition) is 5. The molecule has 0 aliphatic carbocycles. The first kappa shape index (κ1) is 19.5. The second kappa shape index (κ2) is 8.26. The summed E-state index contributed by atoms with van der Waals surface area (Å²) >= 11 is 1.17. The Hall–Kier alpha value is -2.85. The molecule has 0 bridgehead atoms. The minimum absolute atomic E-state index is 0.101. The van der Waals surface area contributed by atoms with Crippen molar-refractivity contribution in [2.75, 3.05) is 18.3 Å². The van der Waals surface area contributed by atoms with Crippen LogP contribution in [0.1, 0.15) is 5.69 Å². The third-order valence-electron chi connectivity index (χ3n) is 4.34. The third kappa shape index (κ3) is 4.43.